The zero-order chi connectivity index (χ0) is 12.3. The van der Waals surface area contributed by atoms with E-state index in [0.29, 0.717) is 13.0 Å². The van der Waals surface area contributed by atoms with Crippen LogP contribution < -0.4 is 9.08 Å². The summed E-state index contributed by atoms with van der Waals surface area (Å²) in [5.41, 5.74) is 1.94. The largest absolute Gasteiger partial charge is 0.476 e. The van der Waals surface area contributed by atoms with Crippen molar-refractivity contribution in [2.24, 2.45) is 0 Å². The number of ether oxygens (including phenoxy) is 2. The zero-order valence-electron chi connectivity index (χ0n) is 9.53. The molecule has 0 amide bonds. The Morgan fingerprint density at radius 1 is 1.65 bits per heavy atom. The van der Waals surface area contributed by atoms with Gasteiger partial charge in [-0.3, -0.25) is 0 Å². The summed E-state index contributed by atoms with van der Waals surface area (Å²) in [5, 5.41) is 0. The number of fused-ring (bicyclic) bond motifs is 1. The normalized spacial score (nSPS) is 17.9. The van der Waals surface area contributed by atoms with E-state index in [1.54, 1.807) is 6.92 Å². The maximum atomic E-state index is 11.6. The van der Waals surface area contributed by atoms with E-state index in [1.807, 2.05) is 18.2 Å². The van der Waals surface area contributed by atoms with Gasteiger partial charge in [-0.1, -0.05) is 12.1 Å². The monoisotopic (exact) mass is 299 g/mol. The first-order valence-electron chi connectivity index (χ1n) is 5.58. The van der Waals surface area contributed by atoms with Crippen molar-refractivity contribution >= 4 is 27.8 Å². The Bertz CT molecular complexity index is 408. The van der Waals surface area contributed by atoms with Gasteiger partial charge in [0, 0.05) is 16.1 Å². The van der Waals surface area contributed by atoms with Crippen molar-refractivity contribution in [2.75, 3.05) is 10.9 Å². The van der Waals surface area contributed by atoms with Crippen LogP contribution in [0.1, 0.15) is 18.9 Å². The fourth-order valence-electron chi connectivity index (χ4n) is 1.88. The number of halogens is 1. The summed E-state index contributed by atoms with van der Waals surface area (Å²) < 4.78 is 13.6. The minimum Gasteiger partial charge on any atom is -0.476 e. The summed E-state index contributed by atoms with van der Waals surface area (Å²) in [6.45, 7) is 2.17. The second kappa shape index (κ2) is 5.40. The van der Waals surface area contributed by atoms with Crippen LogP contribution in [0, 0.1) is 0 Å². The Morgan fingerprint density at radius 3 is 3.18 bits per heavy atom. The number of hydrogen-bond acceptors (Lipinski definition) is 4. The van der Waals surface area contributed by atoms with Gasteiger partial charge < -0.3 is 13.8 Å². The number of para-hydroxylation sites is 1. The average Bonchev–Trinajstić information content (AvgIpc) is 2.37. The fraction of sp³-hybridized carbons (Fsp3) is 0.417. The molecule has 92 valence electrons. The number of carbonyl (C=O) groups is 1. The predicted molar refractivity (Wildman–Crippen MR) is 68.4 cm³/mol. The van der Waals surface area contributed by atoms with Gasteiger partial charge in [0.2, 0.25) is 0 Å². The maximum absolute atomic E-state index is 11.6. The van der Waals surface area contributed by atoms with Crippen molar-refractivity contribution in [1.29, 1.82) is 0 Å². The predicted octanol–water partition coefficient (Wildman–Crippen LogP) is 2.67. The minimum atomic E-state index is -0.496. The summed E-state index contributed by atoms with van der Waals surface area (Å²) in [7, 11) is 0. The molecule has 0 aromatic heterocycles. The molecule has 0 aliphatic carbocycles. The summed E-state index contributed by atoms with van der Waals surface area (Å²) >= 11 is 3.18. The van der Waals surface area contributed by atoms with Crippen LogP contribution in [-0.4, -0.2) is 18.7 Å². The van der Waals surface area contributed by atoms with E-state index in [9.17, 15) is 4.79 Å². The first-order chi connectivity index (χ1) is 8.26. The van der Waals surface area contributed by atoms with Gasteiger partial charge in [0.1, 0.15) is 5.75 Å². The molecule has 1 aromatic rings. The van der Waals surface area contributed by atoms with Crippen molar-refractivity contribution < 1.29 is 14.3 Å². The first kappa shape index (κ1) is 12.2. The van der Waals surface area contributed by atoms with Crippen LogP contribution in [0.2, 0.25) is 0 Å². The number of anilines is 1. The molecule has 4 nitrogen and oxygen atoms in total. The number of hydrogen-bond donors (Lipinski definition) is 1. The smallest absolute Gasteiger partial charge is 0.347 e. The van der Waals surface area contributed by atoms with Gasteiger partial charge in [-0.05, 0) is 31.4 Å². The van der Waals surface area contributed by atoms with E-state index >= 15 is 0 Å². The number of nitrogens with one attached hydrogen (secondary N) is 1. The summed E-state index contributed by atoms with van der Waals surface area (Å²) in [6, 6.07) is 5.85. The average molecular weight is 300 g/mol. The number of aryl methyl sites for hydroxylation is 1. The van der Waals surface area contributed by atoms with E-state index in [0.717, 1.165) is 23.4 Å². The number of rotatable bonds is 3. The molecule has 1 N–H and O–H groups in total. The second-order valence-electron chi connectivity index (χ2n) is 3.79. The van der Waals surface area contributed by atoms with Crippen LogP contribution in [-0.2, 0) is 16.0 Å². The quantitative estimate of drug-likeness (QED) is 0.688. The highest BCUT2D eigenvalue weighted by atomic mass is 79.9. The highest BCUT2D eigenvalue weighted by Crippen LogP contribution is 2.35. The third kappa shape index (κ3) is 2.54. The highest BCUT2D eigenvalue weighted by molar-refractivity contribution is 9.10. The molecule has 0 saturated heterocycles. The molecule has 5 heteroatoms. The Labute approximate surface area is 109 Å². The SMILES string of the molecule is CCOC(=O)C1CCc2cccc(NBr)c2O1. The molecule has 1 unspecified atom stereocenters. The van der Waals surface area contributed by atoms with Gasteiger partial charge in [-0.15, -0.1) is 0 Å². The first-order valence-corrected chi connectivity index (χ1v) is 6.37. The molecule has 1 aliphatic heterocycles. The van der Waals surface area contributed by atoms with Crippen LogP contribution in [0.5, 0.6) is 5.75 Å². The Kier molecular flexibility index (Phi) is 3.89. The second-order valence-corrected chi connectivity index (χ2v) is 4.18. The van der Waals surface area contributed by atoms with Gasteiger partial charge in [-0.25, -0.2) is 4.79 Å². The maximum Gasteiger partial charge on any atom is 0.347 e. The van der Waals surface area contributed by atoms with E-state index < -0.39 is 6.10 Å². The molecule has 0 spiro atoms. The standard InChI is InChI=1S/C12H14BrNO3/c1-2-16-12(15)10-7-6-8-4-3-5-9(14-13)11(8)17-10/h3-5,10,14H,2,6-7H2,1H3. The lowest BCUT2D eigenvalue weighted by atomic mass is 10.0. The lowest BCUT2D eigenvalue weighted by Crippen LogP contribution is -2.33. The van der Waals surface area contributed by atoms with Gasteiger partial charge in [-0.2, -0.15) is 0 Å². The van der Waals surface area contributed by atoms with Crippen molar-refractivity contribution in [3.63, 3.8) is 0 Å². The van der Waals surface area contributed by atoms with Crippen LogP contribution in [0.4, 0.5) is 5.69 Å². The molecule has 0 fully saturated rings. The molecule has 1 aliphatic rings. The molecule has 0 saturated carbocycles. The number of benzene rings is 1. The molecular weight excluding hydrogens is 286 g/mol. The molecule has 1 atom stereocenters. The molecule has 17 heavy (non-hydrogen) atoms. The Balaban J connectivity index is 2.19. The third-order valence-corrected chi connectivity index (χ3v) is 3.11. The molecule has 1 aromatic carbocycles. The van der Waals surface area contributed by atoms with Crippen LogP contribution >= 0.6 is 16.1 Å². The zero-order valence-corrected chi connectivity index (χ0v) is 11.1. The lowest BCUT2D eigenvalue weighted by molar-refractivity contribution is -0.152. The van der Waals surface area contributed by atoms with Crippen molar-refractivity contribution in [1.82, 2.24) is 0 Å². The minimum absolute atomic E-state index is 0.289. The molecular formula is C12H14BrNO3. The summed E-state index contributed by atoms with van der Waals surface area (Å²) in [6.07, 6.45) is 0.989. The third-order valence-electron chi connectivity index (χ3n) is 2.68. The van der Waals surface area contributed by atoms with Gasteiger partial charge in [0.25, 0.3) is 0 Å². The van der Waals surface area contributed by atoms with Gasteiger partial charge in [0.05, 0.1) is 12.3 Å². The van der Waals surface area contributed by atoms with Gasteiger partial charge in [0.15, 0.2) is 6.10 Å². The van der Waals surface area contributed by atoms with Crippen molar-refractivity contribution in [3.8, 4) is 5.75 Å². The van der Waals surface area contributed by atoms with E-state index in [2.05, 4.69) is 20.5 Å². The summed E-state index contributed by atoms with van der Waals surface area (Å²) in [4.78, 5) is 11.6. The fourth-order valence-corrected chi connectivity index (χ4v) is 2.20. The Morgan fingerprint density at radius 2 is 2.47 bits per heavy atom. The van der Waals surface area contributed by atoms with Crippen molar-refractivity contribution in [3.05, 3.63) is 23.8 Å². The van der Waals surface area contributed by atoms with E-state index in [-0.39, 0.29) is 5.97 Å². The number of carbonyl (C=O) groups excluding carboxylic acids is 1. The highest BCUT2D eigenvalue weighted by Gasteiger charge is 2.28. The topological polar surface area (TPSA) is 47.6 Å². The van der Waals surface area contributed by atoms with Crippen LogP contribution in [0.3, 0.4) is 0 Å². The molecule has 1 heterocycles. The molecule has 0 bridgehead atoms. The van der Waals surface area contributed by atoms with E-state index in [4.69, 9.17) is 9.47 Å². The van der Waals surface area contributed by atoms with E-state index in [1.165, 1.54) is 0 Å². The number of esters is 1. The summed E-state index contributed by atoms with van der Waals surface area (Å²) in [5.74, 6) is 0.441. The molecule has 0 radical (unpaired) electrons. The molecule has 2 rings (SSSR count). The van der Waals surface area contributed by atoms with Crippen LogP contribution in [0.15, 0.2) is 18.2 Å². The Hall–Kier alpha value is -1.23. The van der Waals surface area contributed by atoms with Crippen LogP contribution in [0.25, 0.3) is 0 Å². The van der Waals surface area contributed by atoms with Crippen molar-refractivity contribution in [2.45, 2.75) is 25.9 Å². The lowest BCUT2D eigenvalue weighted by Gasteiger charge is -2.26. The van der Waals surface area contributed by atoms with Gasteiger partial charge >= 0.3 is 5.97 Å².